The smallest absolute Gasteiger partial charge is 0.316 e. The minimum Gasteiger partial charge on any atom is -0.455 e. The number of esters is 1. The van der Waals surface area contributed by atoms with E-state index >= 15 is 0 Å². The van der Waals surface area contributed by atoms with Crippen LogP contribution in [0, 0.1) is 0 Å². The third-order valence-corrected chi connectivity index (χ3v) is 7.02. The van der Waals surface area contributed by atoms with Crippen LogP contribution in [0.5, 0.6) is 0 Å². The largest absolute Gasteiger partial charge is 0.455 e. The highest BCUT2D eigenvalue weighted by Gasteiger charge is 2.42. The van der Waals surface area contributed by atoms with Crippen LogP contribution in [0.25, 0.3) is 0 Å². The van der Waals surface area contributed by atoms with Crippen molar-refractivity contribution in [2.75, 3.05) is 23.9 Å². The van der Waals surface area contributed by atoms with Crippen molar-refractivity contribution in [2.45, 2.75) is 36.2 Å². The average Bonchev–Trinajstić information content (AvgIpc) is 3.35. The second-order valence-corrected chi connectivity index (χ2v) is 9.63. The number of thioether (sulfide) groups is 1. The summed E-state index contributed by atoms with van der Waals surface area (Å²) in [5, 5.41) is 0. The summed E-state index contributed by atoms with van der Waals surface area (Å²) < 4.78 is 28.4. The molecule has 136 valence electrons. The summed E-state index contributed by atoms with van der Waals surface area (Å²) in [5.74, 6) is -0.451. The van der Waals surface area contributed by atoms with E-state index in [1.54, 1.807) is 4.90 Å². The van der Waals surface area contributed by atoms with Gasteiger partial charge in [-0.25, -0.2) is 8.42 Å². The van der Waals surface area contributed by atoms with Gasteiger partial charge in [-0.15, -0.1) is 11.8 Å². The molecule has 0 N–H and O–H groups in total. The number of sulfone groups is 1. The van der Waals surface area contributed by atoms with Gasteiger partial charge in [-0.2, -0.15) is 0 Å². The van der Waals surface area contributed by atoms with Gasteiger partial charge in [-0.1, -0.05) is 18.2 Å². The first-order valence-corrected chi connectivity index (χ1v) is 11.1. The Labute approximate surface area is 151 Å². The van der Waals surface area contributed by atoms with E-state index in [2.05, 4.69) is 0 Å². The van der Waals surface area contributed by atoms with E-state index in [0.29, 0.717) is 6.42 Å². The molecule has 0 aromatic heterocycles. The summed E-state index contributed by atoms with van der Waals surface area (Å²) in [5.41, 5.74) is 0. The molecule has 1 saturated carbocycles. The fraction of sp³-hybridized carbons (Fsp3) is 0.529. The molecule has 0 spiro atoms. The van der Waals surface area contributed by atoms with Crippen molar-refractivity contribution in [3.05, 3.63) is 30.3 Å². The predicted molar refractivity (Wildman–Crippen MR) is 95.1 cm³/mol. The molecule has 8 heteroatoms. The number of carbonyl (C=O) groups is 2. The first kappa shape index (κ1) is 18.3. The fourth-order valence-corrected chi connectivity index (χ4v) is 5.40. The standard InChI is InChI=1S/C17H21NO5S2/c19-16(10-23-17(20)11-24-15-4-2-1-3-5-15)18(13-6-7-13)14-8-9-25(21,22)12-14/h1-5,13-14H,6-12H2/t14-/m0/s1. The van der Waals surface area contributed by atoms with E-state index < -0.39 is 15.8 Å². The maximum Gasteiger partial charge on any atom is 0.316 e. The minimum absolute atomic E-state index is 0.0209. The lowest BCUT2D eigenvalue weighted by molar-refractivity contribution is -0.151. The summed E-state index contributed by atoms with van der Waals surface area (Å²) >= 11 is 1.35. The van der Waals surface area contributed by atoms with Crippen LogP contribution in [0.4, 0.5) is 0 Å². The van der Waals surface area contributed by atoms with Crippen molar-refractivity contribution in [1.29, 1.82) is 0 Å². The van der Waals surface area contributed by atoms with Gasteiger partial charge in [0.25, 0.3) is 5.91 Å². The van der Waals surface area contributed by atoms with Gasteiger partial charge in [-0.3, -0.25) is 9.59 Å². The quantitative estimate of drug-likeness (QED) is 0.524. The molecule has 25 heavy (non-hydrogen) atoms. The molecule has 2 aliphatic rings. The lowest BCUT2D eigenvalue weighted by Crippen LogP contribution is -2.44. The first-order chi connectivity index (χ1) is 11.9. The van der Waals surface area contributed by atoms with Crippen molar-refractivity contribution >= 4 is 33.5 Å². The Morgan fingerprint density at radius 1 is 1.12 bits per heavy atom. The summed E-state index contributed by atoms with van der Waals surface area (Å²) in [4.78, 5) is 26.9. The molecular formula is C17H21NO5S2. The highest BCUT2D eigenvalue weighted by molar-refractivity contribution is 8.00. The van der Waals surface area contributed by atoms with Crippen molar-refractivity contribution in [3.63, 3.8) is 0 Å². The van der Waals surface area contributed by atoms with Crippen molar-refractivity contribution in [1.82, 2.24) is 4.90 Å². The van der Waals surface area contributed by atoms with Gasteiger partial charge >= 0.3 is 5.97 Å². The number of hydrogen-bond acceptors (Lipinski definition) is 6. The molecule has 0 radical (unpaired) electrons. The summed E-state index contributed by atoms with van der Waals surface area (Å²) in [6, 6.07) is 9.31. The topological polar surface area (TPSA) is 80.8 Å². The van der Waals surface area contributed by atoms with E-state index in [0.717, 1.165) is 17.7 Å². The Morgan fingerprint density at radius 3 is 2.44 bits per heavy atom. The summed E-state index contributed by atoms with van der Waals surface area (Å²) in [6.45, 7) is -0.318. The van der Waals surface area contributed by atoms with Crippen molar-refractivity contribution in [3.8, 4) is 0 Å². The first-order valence-electron chi connectivity index (χ1n) is 8.30. The van der Waals surface area contributed by atoms with Gasteiger partial charge in [0.05, 0.1) is 17.3 Å². The van der Waals surface area contributed by atoms with Crippen LogP contribution in [-0.2, 0) is 24.2 Å². The number of benzene rings is 1. The third kappa shape index (κ3) is 5.22. The zero-order chi connectivity index (χ0) is 17.9. The molecule has 0 bridgehead atoms. The maximum atomic E-state index is 12.4. The zero-order valence-electron chi connectivity index (χ0n) is 13.8. The van der Waals surface area contributed by atoms with Gasteiger partial charge in [-0.05, 0) is 31.4 Å². The van der Waals surface area contributed by atoms with E-state index in [9.17, 15) is 18.0 Å². The number of rotatable bonds is 7. The van der Waals surface area contributed by atoms with Gasteiger partial charge in [0.15, 0.2) is 16.4 Å². The molecule has 1 amide bonds. The van der Waals surface area contributed by atoms with Crippen LogP contribution < -0.4 is 0 Å². The Hall–Kier alpha value is -1.54. The van der Waals surface area contributed by atoms with Gasteiger partial charge in [0.1, 0.15) is 0 Å². The molecule has 6 nitrogen and oxygen atoms in total. The highest BCUT2D eigenvalue weighted by Crippen LogP contribution is 2.32. The molecular weight excluding hydrogens is 362 g/mol. The van der Waals surface area contributed by atoms with Gasteiger partial charge in [0.2, 0.25) is 0 Å². The van der Waals surface area contributed by atoms with E-state index in [-0.39, 0.29) is 41.9 Å². The molecule has 1 aromatic rings. The van der Waals surface area contributed by atoms with Gasteiger partial charge in [0, 0.05) is 17.0 Å². The lowest BCUT2D eigenvalue weighted by atomic mass is 10.2. The van der Waals surface area contributed by atoms with E-state index in [1.165, 1.54) is 11.8 Å². The molecule has 1 aliphatic heterocycles. The predicted octanol–water partition coefficient (Wildman–Crippen LogP) is 1.50. The number of ether oxygens (including phenoxy) is 1. The minimum atomic E-state index is -3.06. The van der Waals surface area contributed by atoms with E-state index in [4.69, 9.17) is 4.74 Å². The van der Waals surface area contributed by atoms with Crippen LogP contribution in [0.15, 0.2) is 35.2 Å². The summed E-state index contributed by atoms with van der Waals surface area (Å²) in [6.07, 6.45) is 2.25. The number of amides is 1. The molecule has 1 heterocycles. The van der Waals surface area contributed by atoms with Crippen LogP contribution >= 0.6 is 11.8 Å². The second-order valence-electron chi connectivity index (χ2n) is 6.35. The fourth-order valence-electron chi connectivity index (χ4n) is 2.97. The zero-order valence-corrected chi connectivity index (χ0v) is 15.4. The number of hydrogen-bond donors (Lipinski definition) is 0. The monoisotopic (exact) mass is 383 g/mol. The highest BCUT2D eigenvalue weighted by atomic mass is 32.2. The Kier molecular flexibility index (Phi) is 5.68. The number of carbonyl (C=O) groups excluding carboxylic acids is 2. The van der Waals surface area contributed by atoms with Crippen molar-refractivity contribution in [2.24, 2.45) is 0 Å². The maximum absolute atomic E-state index is 12.4. The van der Waals surface area contributed by atoms with E-state index in [1.807, 2.05) is 30.3 Å². The lowest BCUT2D eigenvalue weighted by Gasteiger charge is -2.28. The average molecular weight is 383 g/mol. The normalized spacial score (nSPS) is 21.7. The van der Waals surface area contributed by atoms with Crippen LogP contribution in [0.2, 0.25) is 0 Å². The number of nitrogens with zero attached hydrogens (tertiary/aromatic N) is 1. The Morgan fingerprint density at radius 2 is 1.84 bits per heavy atom. The molecule has 1 atom stereocenters. The molecule has 2 fully saturated rings. The molecule has 1 aromatic carbocycles. The Bertz CT molecular complexity index is 731. The third-order valence-electron chi connectivity index (χ3n) is 4.29. The van der Waals surface area contributed by atoms with Crippen LogP contribution in [-0.4, -0.2) is 61.1 Å². The SMILES string of the molecule is O=C(CSc1ccccc1)OCC(=O)N(C1CC1)[C@H]1CCS(=O)(=O)C1. The molecule has 1 saturated heterocycles. The molecule has 0 unspecified atom stereocenters. The molecule has 3 rings (SSSR count). The van der Waals surface area contributed by atoms with Gasteiger partial charge < -0.3 is 9.64 Å². The summed E-state index contributed by atoms with van der Waals surface area (Å²) in [7, 11) is -3.06. The van der Waals surface area contributed by atoms with Crippen molar-refractivity contribution < 1.29 is 22.7 Å². The van der Waals surface area contributed by atoms with Crippen LogP contribution in [0.1, 0.15) is 19.3 Å². The molecule has 1 aliphatic carbocycles. The second kappa shape index (κ2) is 7.78. The van der Waals surface area contributed by atoms with Crippen LogP contribution in [0.3, 0.4) is 0 Å². The Balaban J connectivity index is 1.48.